The molecule has 0 radical (unpaired) electrons. The molecular weight excluding hydrogens is 306 g/mol. The molecule has 3 aromatic carbocycles. The van der Waals surface area contributed by atoms with Crippen LogP contribution >= 0.6 is 12.0 Å². The van der Waals surface area contributed by atoms with Crippen molar-refractivity contribution in [1.82, 2.24) is 0 Å². The summed E-state index contributed by atoms with van der Waals surface area (Å²) in [4.78, 5) is 1.06. The summed E-state index contributed by atoms with van der Waals surface area (Å²) in [6.45, 7) is 2.50. The minimum absolute atomic E-state index is 0.442. The quantitative estimate of drug-likeness (QED) is 0.504. The van der Waals surface area contributed by atoms with Crippen molar-refractivity contribution in [3.63, 3.8) is 0 Å². The molecule has 0 bridgehead atoms. The van der Waals surface area contributed by atoms with Crippen LogP contribution in [0, 0.1) is 6.92 Å². The summed E-state index contributed by atoms with van der Waals surface area (Å²) >= 11 is 1.27. The zero-order valence-corrected chi connectivity index (χ0v) is 13.5. The van der Waals surface area contributed by atoms with E-state index in [9.17, 15) is 0 Å². The van der Waals surface area contributed by atoms with E-state index in [1.165, 1.54) is 23.0 Å². The first kappa shape index (κ1) is 14.2. The average molecular weight is 321 g/mol. The molecule has 0 amide bonds. The Morgan fingerprint density at radius 1 is 1.00 bits per heavy atom. The zero-order chi connectivity index (χ0) is 15.6. The second kappa shape index (κ2) is 5.97. The van der Waals surface area contributed by atoms with E-state index in [1.54, 1.807) is 0 Å². The third-order valence-electron chi connectivity index (χ3n) is 3.91. The van der Waals surface area contributed by atoms with Gasteiger partial charge < -0.3 is 9.02 Å². The van der Waals surface area contributed by atoms with Crippen molar-refractivity contribution in [1.29, 1.82) is 0 Å². The van der Waals surface area contributed by atoms with E-state index in [2.05, 4.69) is 36.3 Å². The predicted molar refractivity (Wildman–Crippen MR) is 94.1 cm³/mol. The number of hydrogen-bond acceptors (Lipinski definition) is 4. The molecule has 0 atom stereocenters. The monoisotopic (exact) mass is 321 g/mol. The van der Waals surface area contributed by atoms with Gasteiger partial charge in [0.1, 0.15) is 30.1 Å². The summed E-state index contributed by atoms with van der Waals surface area (Å²) in [6.07, 6.45) is 0. The highest BCUT2D eigenvalue weighted by atomic mass is 32.2. The molecule has 23 heavy (non-hydrogen) atoms. The molecule has 1 heterocycles. The van der Waals surface area contributed by atoms with Crippen molar-refractivity contribution in [2.45, 2.75) is 11.8 Å². The summed E-state index contributed by atoms with van der Waals surface area (Å²) in [5.41, 5.74) is 3.04. The van der Waals surface area contributed by atoms with Crippen molar-refractivity contribution in [3.05, 3.63) is 71.8 Å². The fourth-order valence-electron chi connectivity index (χ4n) is 2.71. The summed E-state index contributed by atoms with van der Waals surface area (Å²) in [5, 5.41) is 6.63. The third kappa shape index (κ3) is 2.66. The smallest absolute Gasteiger partial charge is 0.134 e. The van der Waals surface area contributed by atoms with Gasteiger partial charge in [0.2, 0.25) is 0 Å². The average Bonchev–Trinajstić information content (AvgIpc) is 3.00. The number of ether oxygens (including phenoxy) is 1. The molecular formula is C19H15NO2S. The van der Waals surface area contributed by atoms with Gasteiger partial charge in [-0.2, -0.15) is 0 Å². The van der Waals surface area contributed by atoms with Crippen LogP contribution in [0.25, 0.3) is 10.8 Å². The Labute approximate surface area is 139 Å². The van der Waals surface area contributed by atoms with Crippen molar-refractivity contribution < 1.29 is 9.02 Å². The first-order chi connectivity index (χ1) is 11.3. The Bertz CT molecular complexity index is 905. The number of hydrogen-bond donors (Lipinski definition) is 0. The van der Waals surface area contributed by atoms with E-state index < -0.39 is 0 Å². The lowest BCUT2D eigenvalue weighted by Crippen LogP contribution is -2.02. The second-order valence-electron chi connectivity index (χ2n) is 5.41. The molecule has 0 N–H and O–H groups in total. The van der Waals surface area contributed by atoms with Crippen LogP contribution in [-0.4, -0.2) is 12.3 Å². The lowest BCUT2D eigenvalue weighted by Gasteiger charge is -2.04. The molecule has 0 spiro atoms. The molecule has 0 aliphatic carbocycles. The van der Waals surface area contributed by atoms with Crippen LogP contribution in [0.2, 0.25) is 0 Å². The maximum absolute atomic E-state index is 5.73. The van der Waals surface area contributed by atoms with Gasteiger partial charge in [0.05, 0.1) is 10.5 Å². The molecule has 4 rings (SSSR count). The van der Waals surface area contributed by atoms with Gasteiger partial charge in [0.15, 0.2) is 0 Å². The van der Waals surface area contributed by atoms with E-state index in [4.69, 9.17) is 9.02 Å². The Kier molecular flexibility index (Phi) is 3.67. The van der Waals surface area contributed by atoms with E-state index in [1.807, 2.05) is 36.4 Å². The molecule has 4 heteroatoms. The Morgan fingerprint density at radius 3 is 2.74 bits per heavy atom. The molecule has 0 aromatic heterocycles. The third-order valence-corrected chi connectivity index (χ3v) is 4.70. The highest BCUT2D eigenvalue weighted by molar-refractivity contribution is 7.94. The van der Waals surface area contributed by atoms with Gasteiger partial charge in [-0.3, -0.25) is 0 Å². The SMILES string of the molecule is Cc1ccccc1SO/N=C1\COc2ccc3ccccc3c21. The maximum Gasteiger partial charge on any atom is 0.134 e. The van der Waals surface area contributed by atoms with Crippen LogP contribution in [0.1, 0.15) is 11.1 Å². The Morgan fingerprint density at radius 2 is 1.83 bits per heavy atom. The molecule has 3 aromatic rings. The topological polar surface area (TPSA) is 30.8 Å². The normalized spacial score (nSPS) is 14.7. The standard InChI is InChI=1S/C19H15NO2S/c1-13-6-2-5-9-18(13)23-22-20-16-12-21-17-11-10-14-7-3-4-8-15(14)19(16)17/h2-11H,12H2,1H3/b20-16+. The van der Waals surface area contributed by atoms with E-state index in [0.717, 1.165) is 27.3 Å². The van der Waals surface area contributed by atoms with Crippen molar-refractivity contribution >= 4 is 28.5 Å². The first-order valence-corrected chi connectivity index (χ1v) is 8.18. The fourth-order valence-corrected chi connectivity index (χ4v) is 3.25. The van der Waals surface area contributed by atoms with Crippen LogP contribution in [0.4, 0.5) is 0 Å². The lowest BCUT2D eigenvalue weighted by atomic mass is 10.0. The minimum Gasteiger partial charge on any atom is -0.486 e. The van der Waals surface area contributed by atoms with Crippen molar-refractivity contribution in [2.75, 3.05) is 6.61 Å². The summed E-state index contributed by atoms with van der Waals surface area (Å²) in [7, 11) is 0. The molecule has 3 nitrogen and oxygen atoms in total. The molecule has 0 fully saturated rings. The molecule has 1 aliphatic rings. The molecule has 0 saturated carbocycles. The first-order valence-electron chi connectivity index (χ1n) is 7.44. The lowest BCUT2D eigenvalue weighted by molar-refractivity contribution is 0.375. The van der Waals surface area contributed by atoms with Gasteiger partial charge in [-0.15, -0.1) is 0 Å². The van der Waals surface area contributed by atoms with Crippen molar-refractivity contribution in [3.8, 4) is 5.75 Å². The number of rotatable bonds is 3. The summed E-state index contributed by atoms with van der Waals surface area (Å²) in [5.74, 6) is 0.868. The molecule has 1 aliphatic heterocycles. The summed E-state index contributed by atoms with van der Waals surface area (Å²) in [6, 6.07) is 20.4. The van der Waals surface area contributed by atoms with Gasteiger partial charge in [-0.25, -0.2) is 0 Å². The second-order valence-corrected chi connectivity index (χ2v) is 6.17. The van der Waals surface area contributed by atoms with Crippen molar-refractivity contribution in [2.24, 2.45) is 5.16 Å². The number of benzene rings is 3. The van der Waals surface area contributed by atoms with Gasteiger partial charge in [0.25, 0.3) is 0 Å². The minimum atomic E-state index is 0.442. The van der Waals surface area contributed by atoms with Gasteiger partial charge in [0, 0.05) is 0 Å². The van der Waals surface area contributed by atoms with Gasteiger partial charge in [-0.05, 0) is 35.4 Å². The largest absolute Gasteiger partial charge is 0.486 e. The number of nitrogens with zero attached hydrogens (tertiary/aromatic N) is 1. The van der Waals surface area contributed by atoms with Crippen LogP contribution in [0.3, 0.4) is 0 Å². The zero-order valence-electron chi connectivity index (χ0n) is 12.7. The number of aryl methyl sites for hydroxylation is 1. The Hall–Kier alpha value is -2.46. The Balaban J connectivity index is 1.63. The fraction of sp³-hybridized carbons (Fsp3) is 0.105. The number of oxime groups is 1. The van der Waals surface area contributed by atoms with Gasteiger partial charge >= 0.3 is 0 Å². The van der Waals surface area contributed by atoms with Crippen LogP contribution in [0.5, 0.6) is 5.75 Å². The van der Waals surface area contributed by atoms with E-state index in [-0.39, 0.29) is 0 Å². The van der Waals surface area contributed by atoms with E-state index >= 15 is 0 Å². The van der Waals surface area contributed by atoms with Crippen LogP contribution < -0.4 is 4.74 Å². The molecule has 0 saturated heterocycles. The van der Waals surface area contributed by atoms with Gasteiger partial charge in [-0.1, -0.05) is 53.7 Å². The maximum atomic E-state index is 5.73. The molecule has 0 unspecified atom stereocenters. The highest BCUT2D eigenvalue weighted by Gasteiger charge is 2.22. The molecule has 114 valence electrons. The predicted octanol–water partition coefficient (Wildman–Crippen LogP) is 4.97. The van der Waals surface area contributed by atoms with E-state index in [0.29, 0.717) is 6.61 Å². The number of fused-ring (bicyclic) bond motifs is 3. The highest BCUT2D eigenvalue weighted by Crippen LogP contribution is 2.33. The summed E-state index contributed by atoms with van der Waals surface area (Å²) < 4.78 is 11.2. The van der Waals surface area contributed by atoms with Crippen LogP contribution in [-0.2, 0) is 4.28 Å². The van der Waals surface area contributed by atoms with Crippen LogP contribution in [0.15, 0.2) is 70.7 Å².